The van der Waals surface area contributed by atoms with Gasteiger partial charge in [0.05, 0.1) is 6.54 Å². The summed E-state index contributed by atoms with van der Waals surface area (Å²) < 4.78 is 82.5. The van der Waals surface area contributed by atoms with Gasteiger partial charge in [-0.25, -0.2) is 9.78 Å². The predicted octanol–water partition coefficient (Wildman–Crippen LogP) is 4.55. The maximum atomic E-state index is 12.8. The Balaban J connectivity index is 1.21. The fourth-order valence-corrected chi connectivity index (χ4v) is 5.61. The van der Waals surface area contributed by atoms with E-state index in [4.69, 9.17) is 11.6 Å². The van der Waals surface area contributed by atoms with Crippen LogP contribution < -0.4 is 4.90 Å². The number of hydrogen-bond acceptors (Lipinski definition) is 5. The number of fused-ring (bicyclic) bond motifs is 2. The van der Waals surface area contributed by atoms with E-state index in [0.717, 1.165) is 35.1 Å². The molecule has 2 aromatic rings. The third-order valence-electron chi connectivity index (χ3n) is 7.16. The fourth-order valence-electron chi connectivity index (χ4n) is 5.45. The quantitative estimate of drug-likeness (QED) is 0.522. The molecule has 1 amide bonds. The van der Waals surface area contributed by atoms with Gasteiger partial charge in [0.15, 0.2) is 0 Å². The minimum atomic E-state index is -5.73. The second-order valence-electron chi connectivity index (χ2n) is 9.70. The van der Waals surface area contributed by atoms with Crippen molar-refractivity contribution in [3.05, 3.63) is 47.0 Å². The van der Waals surface area contributed by atoms with Crippen molar-refractivity contribution in [1.29, 1.82) is 0 Å². The lowest BCUT2D eigenvalue weighted by Crippen LogP contribution is -2.48. The molecule has 4 heterocycles. The zero-order valence-electron chi connectivity index (χ0n) is 19.5. The van der Waals surface area contributed by atoms with Gasteiger partial charge in [-0.05, 0) is 29.5 Å². The summed E-state index contributed by atoms with van der Waals surface area (Å²) in [6.45, 7) is 4.03. The first-order valence-corrected chi connectivity index (χ1v) is 12.1. The van der Waals surface area contributed by atoms with Crippen molar-refractivity contribution in [3.63, 3.8) is 0 Å². The van der Waals surface area contributed by atoms with Crippen molar-refractivity contribution >= 4 is 23.4 Å². The maximum Gasteiger partial charge on any atom is 0.434 e. The molecule has 37 heavy (non-hydrogen) atoms. The van der Waals surface area contributed by atoms with E-state index in [2.05, 4.69) is 24.1 Å². The third-order valence-corrected chi connectivity index (χ3v) is 7.40. The Morgan fingerprint density at radius 1 is 1.05 bits per heavy atom. The molecular formula is C23H24ClF6N5O2. The number of nitrogens with zero attached hydrogens (tertiary/aromatic N) is 5. The zero-order valence-corrected chi connectivity index (χ0v) is 20.2. The molecule has 0 saturated carbocycles. The number of alkyl halides is 6. The second kappa shape index (κ2) is 9.57. The highest BCUT2D eigenvalue weighted by Crippen LogP contribution is 2.38. The van der Waals surface area contributed by atoms with E-state index >= 15 is 0 Å². The fraction of sp³-hybridized carbons (Fsp3) is 0.565. The Kier molecular flexibility index (Phi) is 6.71. The molecule has 0 radical (unpaired) electrons. The van der Waals surface area contributed by atoms with Crippen LogP contribution in [0.5, 0.6) is 0 Å². The summed E-state index contributed by atoms with van der Waals surface area (Å²) in [5.41, 5.74) is 2.05. The first kappa shape index (κ1) is 26.0. The molecule has 0 bridgehead atoms. The topological polar surface area (TPSA) is 53.8 Å². The highest BCUT2D eigenvalue weighted by Gasteiger charge is 2.60. The number of amides is 1. The van der Waals surface area contributed by atoms with Gasteiger partial charge >= 0.3 is 18.4 Å². The lowest BCUT2D eigenvalue weighted by Gasteiger charge is -2.32. The monoisotopic (exact) mass is 551 g/mol. The second-order valence-corrected chi connectivity index (χ2v) is 10.1. The summed E-state index contributed by atoms with van der Waals surface area (Å²) in [6.07, 6.45) is -13.5. The van der Waals surface area contributed by atoms with Crippen molar-refractivity contribution in [1.82, 2.24) is 19.4 Å². The van der Waals surface area contributed by atoms with Crippen LogP contribution in [0.25, 0.3) is 0 Å². The van der Waals surface area contributed by atoms with Gasteiger partial charge in [-0.1, -0.05) is 17.7 Å². The molecule has 14 heteroatoms. The van der Waals surface area contributed by atoms with E-state index in [1.807, 2.05) is 24.4 Å². The average molecular weight is 552 g/mol. The lowest BCUT2D eigenvalue weighted by molar-refractivity contribution is -0.308. The Morgan fingerprint density at radius 2 is 1.73 bits per heavy atom. The molecule has 2 saturated heterocycles. The number of aromatic nitrogens is 2. The molecule has 202 valence electrons. The lowest BCUT2D eigenvalue weighted by atomic mass is 10.0. The molecule has 0 aliphatic carbocycles. The summed E-state index contributed by atoms with van der Waals surface area (Å²) in [5.74, 6) is 0.820. The van der Waals surface area contributed by atoms with Gasteiger partial charge in [-0.3, -0.25) is 4.90 Å². The Bertz CT molecular complexity index is 1130. The van der Waals surface area contributed by atoms with Crippen LogP contribution in [-0.4, -0.2) is 76.6 Å². The van der Waals surface area contributed by atoms with Crippen LogP contribution in [0, 0.1) is 11.8 Å². The molecule has 0 N–H and O–H groups in total. The van der Waals surface area contributed by atoms with E-state index in [-0.39, 0.29) is 24.9 Å². The molecule has 5 rings (SSSR count). The highest BCUT2D eigenvalue weighted by molar-refractivity contribution is 6.30. The summed E-state index contributed by atoms with van der Waals surface area (Å²) >= 11 is 6.30. The summed E-state index contributed by atoms with van der Waals surface area (Å²) in [6, 6.07) is 5.70. The number of ether oxygens (including phenoxy) is 1. The molecule has 3 aliphatic rings. The summed E-state index contributed by atoms with van der Waals surface area (Å²) in [5, 5.41) is 0.608. The number of likely N-dealkylation sites (tertiary alicyclic amines) is 2. The first-order valence-electron chi connectivity index (χ1n) is 11.7. The van der Waals surface area contributed by atoms with Crippen LogP contribution >= 0.6 is 11.6 Å². The van der Waals surface area contributed by atoms with Crippen molar-refractivity contribution in [2.24, 2.45) is 11.8 Å². The van der Waals surface area contributed by atoms with Crippen molar-refractivity contribution in [3.8, 4) is 0 Å². The van der Waals surface area contributed by atoms with Crippen molar-refractivity contribution < 1.29 is 35.9 Å². The Hall–Kier alpha value is -2.67. The van der Waals surface area contributed by atoms with Crippen LogP contribution in [0.2, 0.25) is 5.02 Å². The van der Waals surface area contributed by atoms with Gasteiger partial charge in [-0.2, -0.15) is 26.3 Å². The number of hydrogen-bond donors (Lipinski definition) is 0. The predicted molar refractivity (Wildman–Crippen MR) is 121 cm³/mol. The first-order chi connectivity index (χ1) is 17.4. The van der Waals surface area contributed by atoms with Gasteiger partial charge in [0.1, 0.15) is 5.82 Å². The Labute approximate surface area is 213 Å². The molecular weight excluding hydrogens is 528 g/mol. The van der Waals surface area contributed by atoms with E-state index in [0.29, 0.717) is 31.2 Å². The standard InChI is InChI=1S/C23H24ClF6N5O2/c24-17-2-1-14(18(7-17)34-6-5-33-4-3-31-19(33)13-34)8-32-9-15-11-35(12-16(15)10-32)21(36)37-20(22(25,26)27)23(28,29)30/h1-4,7,15-16,20H,5-6,8-13H2. The van der Waals surface area contributed by atoms with E-state index in [1.165, 1.54) is 0 Å². The number of rotatable bonds is 4. The van der Waals surface area contributed by atoms with E-state index < -0.39 is 24.5 Å². The SMILES string of the molecule is O=C(OC(C(F)(F)F)C(F)(F)F)N1CC2CN(Cc3ccc(Cl)cc3N3CCn4ccnc4C3)CC2C1. The van der Waals surface area contributed by atoms with E-state index in [1.54, 1.807) is 6.20 Å². The van der Waals surface area contributed by atoms with Gasteiger partial charge in [0.25, 0.3) is 6.10 Å². The third kappa shape index (κ3) is 5.47. The number of carbonyl (C=O) groups is 1. The van der Waals surface area contributed by atoms with Crippen molar-refractivity contribution in [2.75, 3.05) is 37.6 Å². The summed E-state index contributed by atoms with van der Waals surface area (Å²) in [4.78, 5) is 21.9. The largest absolute Gasteiger partial charge is 0.434 e. The average Bonchev–Trinajstić information content (AvgIpc) is 3.51. The zero-order chi connectivity index (χ0) is 26.5. The van der Waals surface area contributed by atoms with Crippen LogP contribution in [0.1, 0.15) is 11.4 Å². The minimum absolute atomic E-state index is 0.0463. The van der Waals surface area contributed by atoms with Gasteiger partial charge < -0.3 is 19.1 Å². The molecule has 7 nitrogen and oxygen atoms in total. The molecule has 3 aliphatic heterocycles. The number of imidazole rings is 1. The highest BCUT2D eigenvalue weighted by atomic mass is 35.5. The van der Waals surface area contributed by atoms with Gasteiger partial charge in [0, 0.05) is 68.9 Å². The molecule has 2 unspecified atom stereocenters. The maximum absolute atomic E-state index is 12.8. The van der Waals surface area contributed by atoms with Gasteiger partial charge in [0.2, 0.25) is 0 Å². The van der Waals surface area contributed by atoms with Crippen LogP contribution in [0.3, 0.4) is 0 Å². The van der Waals surface area contributed by atoms with Crippen LogP contribution in [-0.2, 0) is 24.4 Å². The summed E-state index contributed by atoms with van der Waals surface area (Å²) in [7, 11) is 0. The van der Waals surface area contributed by atoms with Crippen LogP contribution in [0.15, 0.2) is 30.6 Å². The van der Waals surface area contributed by atoms with E-state index in [9.17, 15) is 31.1 Å². The van der Waals surface area contributed by atoms with Gasteiger partial charge in [-0.15, -0.1) is 0 Å². The number of halogens is 7. The van der Waals surface area contributed by atoms with Crippen molar-refractivity contribution in [2.45, 2.75) is 38.1 Å². The normalized spacial score (nSPS) is 22.5. The van der Waals surface area contributed by atoms with Crippen LogP contribution in [0.4, 0.5) is 36.8 Å². The molecule has 2 atom stereocenters. The Morgan fingerprint density at radius 3 is 2.38 bits per heavy atom. The minimum Gasteiger partial charge on any atom is -0.426 e. The smallest absolute Gasteiger partial charge is 0.426 e. The number of anilines is 1. The molecule has 2 fully saturated rings. The molecule has 1 aromatic carbocycles. The molecule has 0 spiro atoms. The molecule has 1 aromatic heterocycles. The number of carbonyl (C=O) groups excluding carboxylic acids is 1. The number of benzene rings is 1.